The fourth-order valence-electron chi connectivity index (χ4n) is 0.852. The molecule has 0 radical (unpaired) electrons. The highest BCUT2D eigenvalue weighted by molar-refractivity contribution is 6.29. The molecule has 2 heterocycles. The molecular formula is C7H5ClN4. The van der Waals surface area contributed by atoms with Crippen LogP contribution >= 0.6 is 11.6 Å². The number of halogens is 1. The average molecular weight is 181 g/mol. The van der Waals surface area contributed by atoms with Gasteiger partial charge in [0.2, 0.25) is 0 Å². The van der Waals surface area contributed by atoms with Crippen molar-refractivity contribution in [2.75, 3.05) is 0 Å². The lowest BCUT2D eigenvalue weighted by Crippen LogP contribution is -1.94. The highest BCUT2D eigenvalue weighted by Crippen LogP contribution is 2.05. The van der Waals surface area contributed by atoms with E-state index in [0.717, 1.165) is 0 Å². The molecule has 0 saturated carbocycles. The minimum absolute atomic E-state index is 0.376. The predicted octanol–water partition coefficient (Wildman–Crippen LogP) is 1.32. The number of aromatic nitrogens is 4. The second kappa shape index (κ2) is 2.91. The summed E-state index contributed by atoms with van der Waals surface area (Å²) >= 11 is 5.65. The van der Waals surface area contributed by atoms with Crippen LogP contribution in [-0.2, 0) is 0 Å². The average Bonchev–Trinajstić information content (AvgIpc) is 2.56. The molecule has 12 heavy (non-hydrogen) atoms. The smallest absolute Gasteiger partial charge is 0.158 e. The van der Waals surface area contributed by atoms with Crippen LogP contribution in [0.3, 0.4) is 0 Å². The molecule has 2 aromatic rings. The van der Waals surface area contributed by atoms with Gasteiger partial charge in [-0.05, 0) is 0 Å². The first-order chi connectivity index (χ1) is 5.86. The van der Waals surface area contributed by atoms with Crippen LogP contribution in [-0.4, -0.2) is 19.5 Å². The maximum absolute atomic E-state index is 5.65. The fourth-order valence-corrected chi connectivity index (χ4v) is 0.995. The molecule has 2 aromatic heterocycles. The molecule has 0 spiro atoms. The number of hydrogen-bond acceptors (Lipinski definition) is 3. The van der Waals surface area contributed by atoms with Crippen LogP contribution in [0.5, 0.6) is 0 Å². The van der Waals surface area contributed by atoms with Gasteiger partial charge >= 0.3 is 0 Å². The van der Waals surface area contributed by atoms with Gasteiger partial charge in [-0.3, -0.25) is 9.55 Å². The summed E-state index contributed by atoms with van der Waals surface area (Å²) < 4.78 is 1.74. The third-order valence-corrected chi connectivity index (χ3v) is 1.54. The van der Waals surface area contributed by atoms with Gasteiger partial charge in [-0.2, -0.15) is 0 Å². The zero-order valence-electron chi connectivity index (χ0n) is 6.05. The van der Waals surface area contributed by atoms with E-state index in [4.69, 9.17) is 11.6 Å². The SMILES string of the molecule is Clc1cncc(-n2ccnc2)n1. The van der Waals surface area contributed by atoms with E-state index in [2.05, 4.69) is 15.0 Å². The van der Waals surface area contributed by atoms with Crippen molar-refractivity contribution in [1.29, 1.82) is 0 Å². The van der Waals surface area contributed by atoms with Crippen molar-refractivity contribution < 1.29 is 0 Å². The second-order valence-electron chi connectivity index (χ2n) is 2.17. The molecule has 0 saturated heterocycles. The van der Waals surface area contributed by atoms with Crippen LogP contribution in [0.25, 0.3) is 5.82 Å². The van der Waals surface area contributed by atoms with E-state index in [1.165, 1.54) is 6.20 Å². The molecule has 0 unspecified atom stereocenters. The Labute approximate surface area is 73.9 Å². The van der Waals surface area contributed by atoms with E-state index in [-0.39, 0.29) is 0 Å². The third kappa shape index (κ3) is 1.29. The lowest BCUT2D eigenvalue weighted by Gasteiger charge is -1.98. The van der Waals surface area contributed by atoms with Gasteiger partial charge in [0.15, 0.2) is 5.82 Å². The van der Waals surface area contributed by atoms with E-state index >= 15 is 0 Å². The highest BCUT2D eigenvalue weighted by Gasteiger charge is 1.97. The van der Waals surface area contributed by atoms with Crippen molar-refractivity contribution in [3.8, 4) is 5.82 Å². The molecular weight excluding hydrogens is 176 g/mol. The molecule has 4 nitrogen and oxygen atoms in total. The molecule has 0 aromatic carbocycles. The van der Waals surface area contributed by atoms with E-state index in [9.17, 15) is 0 Å². The van der Waals surface area contributed by atoms with Crippen molar-refractivity contribution in [2.45, 2.75) is 0 Å². The number of hydrogen-bond donors (Lipinski definition) is 0. The molecule has 5 heteroatoms. The molecule has 0 aliphatic carbocycles. The Morgan fingerprint density at radius 3 is 2.83 bits per heavy atom. The van der Waals surface area contributed by atoms with Crippen LogP contribution in [0, 0.1) is 0 Å². The van der Waals surface area contributed by atoms with Crippen molar-refractivity contribution in [3.63, 3.8) is 0 Å². The molecule has 2 rings (SSSR count). The van der Waals surface area contributed by atoms with Gasteiger partial charge in [-0.25, -0.2) is 9.97 Å². The van der Waals surface area contributed by atoms with Crippen molar-refractivity contribution in [3.05, 3.63) is 36.3 Å². The minimum atomic E-state index is 0.376. The summed E-state index contributed by atoms with van der Waals surface area (Å²) in [4.78, 5) is 11.8. The summed E-state index contributed by atoms with van der Waals surface area (Å²) in [5.74, 6) is 0.667. The molecule has 0 amide bonds. The summed E-state index contributed by atoms with van der Waals surface area (Å²) in [6.07, 6.45) is 8.19. The number of imidazole rings is 1. The monoisotopic (exact) mass is 180 g/mol. The largest absolute Gasteiger partial charge is 0.289 e. The molecule has 0 atom stereocenters. The van der Waals surface area contributed by atoms with Crippen molar-refractivity contribution >= 4 is 11.6 Å². The molecule has 60 valence electrons. The lowest BCUT2D eigenvalue weighted by atomic mass is 10.6. The Morgan fingerprint density at radius 1 is 1.25 bits per heavy atom. The molecule has 0 aliphatic rings. The number of nitrogens with zero attached hydrogens (tertiary/aromatic N) is 4. The van der Waals surface area contributed by atoms with Crippen LogP contribution in [0.2, 0.25) is 5.15 Å². The van der Waals surface area contributed by atoms with Gasteiger partial charge in [0.1, 0.15) is 11.5 Å². The standard InChI is InChI=1S/C7H5ClN4/c8-6-3-10-4-7(11-6)12-2-1-9-5-12/h1-5H. The first-order valence-corrected chi connectivity index (χ1v) is 3.70. The van der Waals surface area contributed by atoms with Gasteiger partial charge in [0.25, 0.3) is 0 Å². The maximum Gasteiger partial charge on any atom is 0.158 e. The topological polar surface area (TPSA) is 43.6 Å². The molecule has 0 aliphatic heterocycles. The van der Waals surface area contributed by atoms with Crippen LogP contribution in [0.1, 0.15) is 0 Å². The van der Waals surface area contributed by atoms with E-state index < -0.39 is 0 Å². The van der Waals surface area contributed by atoms with Crippen molar-refractivity contribution in [2.24, 2.45) is 0 Å². The molecule has 0 bridgehead atoms. The Hall–Kier alpha value is -1.42. The summed E-state index contributed by atoms with van der Waals surface area (Å²) in [5.41, 5.74) is 0. The van der Waals surface area contributed by atoms with E-state index in [0.29, 0.717) is 11.0 Å². The number of rotatable bonds is 1. The molecule has 0 N–H and O–H groups in total. The minimum Gasteiger partial charge on any atom is -0.289 e. The van der Waals surface area contributed by atoms with Gasteiger partial charge in [-0.15, -0.1) is 0 Å². The predicted molar refractivity (Wildman–Crippen MR) is 44.2 cm³/mol. The van der Waals surface area contributed by atoms with Crippen molar-refractivity contribution in [1.82, 2.24) is 19.5 Å². The zero-order chi connectivity index (χ0) is 8.39. The summed E-state index contributed by atoms with van der Waals surface area (Å²) in [7, 11) is 0. The third-order valence-electron chi connectivity index (χ3n) is 1.36. The summed E-state index contributed by atoms with van der Waals surface area (Å²) in [6, 6.07) is 0. The lowest BCUT2D eigenvalue weighted by molar-refractivity contribution is 0.971. The fraction of sp³-hybridized carbons (Fsp3) is 0. The van der Waals surface area contributed by atoms with Gasteiger partial charge in [-0.1, -0.05) is 11.6 Å². The molecule has 0 fully saturated rings. The Morgan fingerprint density at radius 2 is 2.17 bits per heavy atom. The first-order valence-electron chi connectivity index (χ1n) is 3.32. The Kier molecular flexibility index (Phi) is 1.75. The van der Waals surface area contributed by atoms with E-state index in [1.54, 1.807) is 29.5 Å². The maximum atomic E-state index is 5.65. The van der Waals surface area contributed by atoms with Crippen LogP contribution in [0.4, 0.5) is 0 Å². The Bertz CT molecular complexity index is 371. The van der Waals surface area contributed by atoms with Crippen LogP contribution in [0.15, 0.2) is 31.1 Å². The highest BCUT2D eigenvalue weighted by atomic mass is 35.5. The van der Waals surface area contributed by atoms with Crippen LogP contribution < -0.4 is 0 Å². The zero-order valence-corrected chi connectivity index (χ0v) is 6.81. The normalized spacial score (nSPS) is 10.1. The van der Waals surface area contributed by atoms with Gasteiger partial charge in [0, 0.05) is 12.4 Å². The van der Waals surface area contributed by atoms with Gasteiger partial charge < -0.3 is 0 Å². The van der Waals surface area contributed by atoms with Gasteiger partial charge in [0.05, 0.1) is 12.4 Å². The summed E-state index contributed by atoms with van der Waals surface area (Å²) in [5, 5.41) is 0.376. The first kappa shape index (κ1) is 7.24. The van der Waals surface area contributed by atoms with E-state index in [1.807, 2.05) is 0 Å². The summed E-state index contributed by atoms with van der Waals surface area (Å²) in [6.45, 7) is 0. The quantitative estimate of drug-likeness (QED) is 0.665. The Balaban J connectivity index is 2.48. The second-order valence-corrected chi connectivity index (χ2v) is 2.56.